The number of hydrogen-bond donors (Lipinski definition) is 5. The topological polar surface area (TPSA) is 233 Å². The summed E-state index contributed by atoms with van der Waals surface area (Å²) < 4.78 is 60.0. The molecule has 0 radical (unpaired) electrons. The van der Waals surface area contributed by atoms with Crippen LogP contribution in [0.2, 0.25) is 5.82 Å². The number of hydrogen-bond acceptors (Lipinski definition) is 12. The standard InChI is InChI=1S/C21H34BN2O14P3S2/c1-12-9-24(20(26)23-19(12)25)18-8-16(17(36-18)10-35-40(30,31)38-41(32,33)37-39(27,28)29)34-11-42-43-21(2,3)22-15-7-13-4-5-14(15)6-13/h4-5,9,13-18,22H,6-8,10-11H2,1-3H3,(H,30,31)(H,32,33)(H,23,25,26)(H2,27,28,29)/t13?,14?,15?,16-,17?,18-/m1/s1. The fourth-order valence-corrected chi connectivity index (χ4v) is 10.9. The van der Waals surface area contributed by atoms with E-state index in [0.717, 1.165) is 11.8 Å². The fourth-order valence-electron chi connectivity index (χ4n) is 5.56. The van der Waals surface area contributed by atoms with E-state index in [0.29, 0.717) is 17.7 Å². The van der Waals surface area contributed by atoms with Crippen LogP contribution in [-0.2, 0) is 36.3 Å². The van der Waals surface area contributed by atoms with Crippen molar-refractivity contribution in [2.75, 3.05) is 12.5 Å². The summed E-state index contributed by atoms with van der Waals surface area (Å²) in [5, 5.41) is 0. The second kappa shape index (κ2) is 13.7. The van der Waals surface area contributed by atoms with Crippen LogP contribution < -0.4 is 11.2 Å². The van der Waals surface area contributed by atoms with Crippen molar-refractivity contribution in [1.82, 2.24) is 9.55 Å². The number of aromatic amines is 1. The quantitative estimate of drug-likeness (QED) is 0.0441. The van der Waals surface area contributed by atoms with Crippen LogP contribution in [0.25, 0.3) is 0 Å². The van der Waals surface area contributed by atoms with Gasteiger partial charge in [-0.1, -0.05) is 59.8 Å². The van der Waals surface area contributed by atoms with Gasteiger partial charge in [0.15, 0.2) is 0 Å². The lowest BCUT2D eigenvalue weighted by Crippen LogP contribution is -2.33. The third kappa shape index (κ3) is 10.3. The molecular weight excluding hydrogens is 672 g/mol. The minimum atomic E-state index is -5.70. The molecule has 1 aromatic heterocycles. The van der Waals surface area contributed by atoms with Crippen LogP contribution in [-0.4, -0.2) is 65.8 Å². The number of nitrogens with one attached hydrogen (secondary N) is 1. The normalized spacial score (nSPS) is 29.9. The van der Waals surface area contributed by atoms with Crippen molar-refractivity contribution in [2.45, 2.75) is 68.9 Å². The minimum Gasteiger partial charge on any atom is -0.364 e. The SMILES string of the molecule is Cc1cn([C@H]2C[C@@H](OCSSC(C)(C)BC3CC4C=CC3C4)C(COP(=O)(O)OP(=O)(O)OP(=O)(O)O)O2)c(=O)[nH]c1=O. The number of aromatic nitrogens is 2. The van der Waals surface area contributed by atoms with E-state index in [9.17, 15) is 33.1 Å². The molecule has 3 aliphatic rings. The van der Waals surface area contributed by atoms with E-state index in [-0.39, 0.29) is 22.6 Å². The smallest absolute Gasteiger partial charge is 0.364 e. The molecule has 1 aliphatic heterocycles. The zero-order chi connectivity index (χ0) is 31.8. The molecule has 8 atom stereocenters. The van der Waals surface area contributed by atoms with Crippen LogP contribution in [0.15, 0.2) is 27.9 Å². The van der Waals surface area contributed by atoms with E-state index in [1.165, 1.54) is 36.8 Å². The Morgan fingerprint density at radius 1 is 1.09 bits per heavy atom. The Hall–Kier alpha value is -0.485. The molecule has 1 saturated carbocycles. The van der Waals surface area contributed by atoms with Gasteiger partial charge in [0.1, 0.15) is 25.6 Å². The minimum absolute atomic E-state index is 0.0384. The predicted octanol–water partition coefficient (Wildman–Crippen LogP) is 2.76. The zero-order valence-corrected chi connectivity index (χ0v) is 27.7. The molecule has 6 unspecified atom stereocenters. The first-order chi connectivity index (χ1) is 19.8. The van der Waals surface area contributed by atoms with E-state index in [1.807, 2.05) is 0 Å². The zero-order valence-electron chi connectivity index (χ0n) is 23.4. The molecule has 4 rings (SSSR count). The first kappa shape index (κ1) is 35.4. The second-order valence-corrected chi connectivity index (χ2v) is 18.6. The summed E-state index contributed by atoms with van der Waals surface area (Å²) in [5.41, 5.74) is -1.10. The van der Waals surface area contributed by atoms with Crippen molar-refractivity contribution in [1.29, 1.82) is 0 Å². The first-order valence-corrected chi connectivity index (χ1v) is 20.0. The number of rotatable bonds is 15. The summed E-state index contributed by atoms with van der Waals surface area (Å²) in [6.07, 6.45) is 5.55. The average molecular weight is 706 g/mol. The highest BCUT2D eigenvalue weighted by Crippen LogP contribution is 2.66. The maximum Gasteiger partial charge on any atom is 0.490 e. The van der Waals surface area contributed by atoms with Gasteiger partial charge in [-0.25, -0.2) is 18.5 Å². The molecule has 2 heterocycles. The fraction of sp³-hybridized carbons (Fsp3) is 0.714. The lowest BCUT2D eigenvalue weighted by atomic mass is 9.52. The van der Waals surface area contributed by atoms with Gasteiger partial charge in [-0.15, -0.1) is 0 Å². The van der Waals surface area contributed by atoms with Crippen molar-refractivity contribution < 1.29 is 55.9 Å². The molecular formula is C21H34BN2O14P3S2. The van der Waals surface area contributed by atoms with Gasteiger partial charge in [-0.2, -0.15) is 8.62 Å². The highest BCUT2D eigenvalue weighted by atomic mass is 33.1. The summed E-state index contributed by atoms with van der Waals surface area (Å²) in [6.45, 7) is 5.09. The first-order valence-electron chi connectivity index (χ1n) is 13.2. The Balaban J connectivity index is 1.37. The summed E-state index contributed by atoms with van der Waals surface area (Å²) in [5.74, 6) is 2.13. The van der Waals surface area contributed by atoms with Crippen molar-refractivity contribution in [2.24, 2.45) is 11.8 Å². The average Bonchev–Trinajstić information content (AvgIpc) is 3.56. The molecule has 2 aliphatic carbocycles. The number of nitrogens with zero attached hydrogens (tertiary/aromatic N) is 1. The molecule has 5 N–H and O–H groups in total. The monoisotopic (exact) mass is 706 g/mol. The Bertz CT molecular complexity index is 1470. The van der Waals surface area contributed by atoms with Crippen LogP contribution in [0.3, 0.4) is 0 Å². The summed E-state index contributed by atoms with van der Waals surface area (Å²) in [4.78, 5) is 63.1. The number of phosphoric acid groups is 3. The molecule has 1 aromatic rings. The molecule has 16 nitrogen and oxygen atoms in total. The van der Waals surface area contributed by atoms with Crippen LogP contribution in [0.1, 0.15) is 44.9 Å². The molecule has 0 aromatic carbocycles. The van der Waals surface area contributed by atoms with Gasteiger partial charge in [0.25, 0.3) is 5.56 Å². The van der Waals surface area contributed by atoms with Gasteiger partial charge >= 0.3 is 29.2 Å². The number of ether oxygens (including phenoxy) is 2. The van der Waals surface area contributed by atoms with Gasteiger partial charge in [0.2, 0.25) is 0 Å². The molecule has 43 heavy (non-hydrogen) atoms. The number of H-pyrrole nitrogens is 1. The highest BCUT2D eigenvalue weighted by molar-refractivity contribution is 8.77. The number of allylic oxidation sites excluding steroid dienone is 2. The lowest BCUT2D eigenvalue weighted by molar-refractivity contribution is -0.0543. The Labute approximate surface area is 255 Å². The van der Waals surface area contributed by atoms with Crippen LogP contribution in [0.4, 0.5) is 0 Å². The molecule has 1 saturated heterocycles. The van der Waals surface area contributed by atoms with Gasteiger partial charge in [-0.05, 0) is 29.8 Å². The Kier molecular flexibility index (Phi) is 11.3. The van der Waals surface area contributed by atoms with Gasteiger partial charge in [-0.3, -0.25) is 18.9 Å². The Morgan fingerprint density at radius 3 is 2.44 bits per heavy atom. The predicted molar refractivity (Wildman–Crippen MR) is 160 cm³/mol. The van der Waals surface area contributed by atoms with Crippen molar-refractivity contribution in [3.63, 3.8) is 0 Å². The maximum absolute atomic E-state index is 12.4. The van der Waals surface area contributed by atoms with Gasteiger partial charge in [0.05, 0.1) is 12.7 Å². The van der Waals surface area contributed by atoms with Crippen LogP contribution in [0.5, 0.6) is 0 Å². The van der Waals surface area contributed by atoms with E-state index in [1.54, 1.807) is 10.8 Å². The van der Waals surface area contributed by atoms with Crippen LogP contribution >= 0.6 is 45.1 Å². The van der Waals surface area contributed by atoms with Crippen molar-refractivity contribution in [3.8, 4) is 0 Å². The van der Waals surface area contributed by atoms with E-state index >= 15 is 0 Å². The second-order valence-electron chi connectivity index (χ2n) is 11.3. The summed E-state index contributed by atoms with van der Waals surface area (Å²) >= 11 is 0. The molecule has 22 heteroatoms. The lowest BCUT2D eigenvalue weighted by Gasteiger charge is -2.28. The molecule has 2 fully saturated rings. The molecule has 0 spiro atoms. The maximum atomic E-state index is 12.4. The van der Waals surface area contributed by atoms with E-state index in [4.69, 9.17) is 23.8 Å². The highest BCUT2D eigenvalue weighted by Gasteiger charge is 2.44. The largest absolute Gasteiger partial charge is 0.490 e. The third-order valence-electron chi connectivity index (χ3n) is 7.24. The molecule has 242 valence electrons. The Morgan fingerprint density at radius 2 is 1.81 bits per heavy atom. The summed E-state index contributed by atoms with van der Waals surface area (Å²) in [7, 11) is -12.5. The van der Waals surface area contributed by atoms with Crippen molar-refractivity contribution in [3.05, 3.63) is 44.8 Å². The third-order valence-corrected chi connectivity index (χ3v) is 14.0. The van der Waals surface area contributed by atoms with Crippen molar-refractivity contribution >= 4 is 52.3 Å². The van der Waals surface area contributed by atoms with Crippen LogP contribution in [0, 0.1) is 18.8 Å². The summed E-state index contributed by atoms with van der Waals surface area (Å²) in [6, 6.07) is 0. The molecule has 0 amide bonds. The van der Waals surface area contributed by atoms with E-state index in [2.05, 4.69) is 39.6 Å². The van der Waals surface area contributed by atoms with Gasteiger partial charge in [0, 0.05) is 18.2 Å². The number of aryl methyl sites for hydroxylation is 1. The number of phosphoric ester groups is 1. The van der Waals surface area contributed by atoms with E-state index < -0.39 is 59.8 Å². The number of fused-ring (bicyclic) bond motifs is 2. The molecule has 2 bridgehead atoms. The van der Waals surface area contributed by atoms with Gasteiger partial charge < -0.3 is 29.0 Å².